The minimum absolute atomic E-state index is 0.0167. The van der Waals surface area contributed by atoms with E-state index in [0.717, 1.165) is 31.0 Å². The van der Waals surface area contributed by atoms with E-state index in [4.69, 9.17) is 11.6 Å². The van der Waals surface area contributed by atoms with E-state index in [-0.39, 0.29) is 23.6 Å². The zero-order chi connectivity index (χ0) is 25.5. The van der Waals surface area contributed by atoms with Crippen molar-refractivity contribution in [3.63, 3.8) is 0 Å². The van der Waals surface area contributed by atoms with Gasteiger partial charge in [-0.15, -0.1) is 0 Å². The smallest absolute Gasteiger partial charge is 0.254 e. The Hall–Kier alpha value is -2.36. The van der Waals surface area contributed by atoms with Gasteiger partial charge in [0.25, 0.3) is 5.91 Å². The highest BCUT2D eigenvalue weighted by atomic mass is 35.5. The van der Waals surface area contributed by atoms with Crippen LogP contribution in [0, 0.1) is 6.92 Å². The number of piperidine rings is 1. The number of piperazine rings is 1. The van der Waals surface area contributed by atoms with Crippen LogP contribution in [0.2, 0.25) is 5.15 Å². The molecule has 2 aliphatic heterocycles. The van der Waals surface area contributed by atoms with Crippen LogP contribution < -0.4 is 10.2 Å². The van der Waals surface area contributed by atoms with Crippen molar-refractivity contribution in [2.75, 3.05) is 56.5 Å². The average molecular weight is 531 g/mol. The molecule has 0 bridgehead atoms. The predicted octanol–water partition coefficient (Wildman–Crippen LogP) is 3.48. The number of aromatic nitrogens is 2. The zero-order valence-corrected chi connectivity index (χ0v) is 22.7. The van der Waals surface area contributed by atoms with Crippen LogP contribution in [0.5, 0.6) is 0 Å². The summed E-state index contributed by atoms with van der Waals surface area (Å²) in [5, 5.41) is 3.82. The number of halogens is 1. The number of nitrogens with zero attached hydrogens (tertiary/aromatic N) is 5. The Morgan fingerprint density at radius 3 is 2.56 bits per heavy atom. The van der Waals surface area contributed by atoms with Gasteiger partial charge in [-0.25, -0.2) is 9.97 Å². The molecule has 1 N–H and O–H groups in total. The lowest BCUT2D eigenvalue weighted by Gasteiger charge is -2.40. The fraction of sp³-hybridized carbons (Fsp3) is 0.538. The second-order valence-corrected chi connectivity index (χ2v) is 10.9. The first kappa shape index (κ1) is 26.7. The number of carbonyl (C=O) groups is 2. The molecule has 2 aliphatic rings. The lowest BCUT2D eigenvalue weighted by atomic mass is 10.1. The molecule has 1 atom stereocenters. The summed E-state index contributed by atoms with van der Waals surface area (Å²) in [5.74, 6) is 0.983. The van der Waals surface area contributed by atoms with Crippen molar-refractivity contribution in [2.45, 2.75) is 44.3 Å². The SMILES string of the molecule is Cc1ccc(C(=O)N2CCN(c3cc(Cl)nc(SCC(=O)NCCN4CCCCC4)n3)CC2C)cc1. The quantitative estimate of drug-likeness (QED) is 0.318. The third-order valence-corrected chi connectivity index (χ3v) is 7.74. The van der Waals surface area contributed by atoms with Crippen LogP contribution >= 0.6 is 23.4 Å². The van der Waals surface area contributed by atoms with Crippen LogP contribution in [0.25, 0.3) is 0 Å². The van der Waals surface area contributed by atoms with Gasteiger partial charge in [-0.1, -0.05) is 47.5 Å². The summed E-state index contributed by atoms with van der Waals surface area (Å²) in [7, 11) is 0. The Balaban J connectivity index is 1.28. The number of benzene rings is 1. The van der Waals surface area contributed by atoms with Gasteiger partial charge in [0.05, 0.1) is 5.75 Å². The van der Waals surface area contributed by atoms with Crippen LogP contribution in [-0.2, 0) is 4.79 Å². The van der Waals surface area contributed by atoms with Gasteiger partial charge in [0.1, 0.15) is 11.0 Å². The second kappa shape index (κ2) is 12.7. The van der Waals surface area contributed by atoms with Crippen molar-refractivity contribution in [1.82, 2.24) is 25.1 Å². The lowest BCUT2D eigenvalue weighted by molar-refractivity contribution is -0.118. The molecule has 8 nitrogen and oxygen atoms in total. The minimum Gasteiger partial charge on any atom is -0.354 e. The highest BCUT2D eigenvalue weighted by molar-refractivity contribution is 7.99. The molecule has 36 heavy (non-hydrogen) atoms. The number of aryl methyl sites for hydroxylation is 1. The van der Waals surface area contributed by atoms with Gasteiger partial charge in [0, 0.05) is 50.4 Å². The molecule has 2 amide bonds. The van der Waals surface area contributed by atoms with Crippen molar-refractivity contribution in [3.05, 3.63) is 46.6 Å². The molecule has 1 unspecified atom stereocenters. The third kappa shape index (κ3) is 7.33. The number of anilines is 1. The Kier molecular flexibility index (Phi) is 9.45. The summed E-state index contributed by atoms with van der Waals surface area (Å²) >= 11 is 7.59. The molecule has 3 heterocycles. The maximum atomic E-state index is 13.0. The average Bonchev–Trinajstić information content (AvgIpc) is 2.88. The summed E-state index contributed by atoms with van der Waals surface area (Å²) in [6, 6.07) is 9.45. The lowest BCUT2D eigenvalue weighted by Crippen LogP contribution is -2.54. The largest absolute Gasteiger partial charge is 0.354 e. The molecule has 194 valence electrons. The molecule has 0 spiro atoms. The van der Waals surface area contributed by atoms with Gasteiger partial charge in [0.2, 0.25) is 5.91 Å². The van der Waals surface area contributed by atoms with Gasteiger partial charge in [-0.2, -0.15) is 0 Å². The van der Waals surface area contributed by atoms with Crippen LogP contribution in [0.3, 0.4) is 0 Å². The highest BCUT2D eigenvalue weighted by Gasteiger charge is 2.29. The summed E-state index contributed by atoms with van der Waals surface area (Å²) < 4.78 is 0. The molecule has 4 rings (SSSR count). The van der Waals surface area contributed by atoms with Crippen LogP contribution in [0.15, 0.2) is 35.5 Å². The van der Waals surface area contributed by atoms with E-state index in [1.165, 1.54) is 31.0 Å². The van der Waals surface area contributed by atoms with Crippen LogP contribution in [-0.4, -0.2) is 89.2 Å². The normalized spacial score (nSPS) is 18.8. The summed E-state index contributed by atoms with van der Waals surface area (Å²) in [6.45, 7) is 9.74. The summed E-state index contributed by atoms with van der Waals surface area (Å²) in [6.07, 6.45) is 3.80. The molecule has 0 radical (unpaired) electrons. The van der Waals surface area contributed by atoms with Gasteiger partial charge in [-0.3, -0.25) is 9.59 Å². The first-order chi connectivity index (χ1) is 17.4. The Morgan fingerprint density at radius 2 is 1.83 bits per heavy atom. The molecule has 0 aliphatic carbocycles. The number of likely N-dealkylation sites (tertiary alicyclic amines) is 1. The van der Waals surface area contributed by atoms with Crippen molar-refractivity contribution >= 4 is 41.0 Å². The van der Waals surface area contributed by atoms with Crippen LogP contribution in [0.4, 0.5) is 5.82 Å². The van der Waals surface area contributed by atoms with Crippen molar-refractivity contribution in [2.24, 2.45) is 0 Å². The molecule has 2 aromatic rings. The molecule has 2 saturated heterocycles. The Bertz CT molecular complexity index is 1050. The second-order valence-electron chi connectivity index (χ2n) is 9.53. The van der Waals surface area contributed by atoms with Crippen molar-refractivity contribution < 1.29 is 9.59 Å². The number of rotatable bonds is 8. The van der Waals surface area contributed by atoms with E-state index >= 15 is 0 Å². The number of hydrogen-bond donors (Lipinski definition) is 1. The molecule has 0 saturated carbocycles. The van der Waals surface area contributed by atoms with Gasteiger partial charge in [-0.05, 0) is 51.9 Å². The third-order valence-electron chi connectivity index (χ3n) is 6.70. The molecule has 2 fully saturated rings. The Morgan fingerprint density at radius 1 is 1.08 bits per heavy atom. The number of thioether (sulfide) groups is 1. The summed E-state index contributed by atoms with van der Waals surface area (Å²) in [4.78, 5) is 40.7. The topological polar surface area (TPSA) is 81.7 Å². The highest BCUT2D eigenvalue weighted by Crippen LogP contribution is 2.24. The van der Waals surface area contributed by atoms with E-state index in [0.29, 0.717) is 42.1 Å². The number of hydrogen-bond acceptors (Lipinski definition) is 7. The van der Waals surface area contributed by atoms with E-state index in [1.54, 1.807) is 6.07 Å². The predicted molar refractivity (Wildman–Crippen MR) is 145 cm³/mol. The molecular weight excluding hydrogens is 496 g/mol. The monoisotopic (exact) mass is 530 g/mol. The van der Waals surface area contributed by atoms with Crippen LogP contribution in [0.1, 0.15) is 42.1 Å². The fourth-order valence-electron chi connectivity index (χ4n) is 4.66. The standard InChI is InChI=1S/C26H35ClN6O2S/c1-19-6-8-21(9-7-19)25(35)33-15-14-32(17-20(33)2)23-16-22(27)29-26(30-23)36-18-24(34)28-10-13-31-11-4-3-5-12-31/h6-9,16,20H,3-5,10-15,17-18H2,1-2H3,(H,28,34). The number of carbonyl (C=O) groups excluding carboxylic acids is 2. The number of amides is 2. The van der Waals surface area contributed by atoms with Gasteiger partial charge >= 0.3 is 0 Å². The van der Waals surface area contributed by atoms with Gasteiger partial charge < -0.3 is 20.0 Å². The van der Waals surface area contributed by atoms with Crippen molar-refractivity contribution in [1.29, 1.82) is 0 Å². The van der Waals surface area contributed by atoms with Crippen molar-refractivity contribution in [3.8, 4) is 0 Å². The van der Waals surface area contributed by atoms with E-state index < -0.39 is 0 Å². The van der Waals surface area contributed by atoms with E-state index in [2.05, 4.69) is 25.1 Å². The minimum atomic E-state index is -0.0287. The molecule has 10 heteroatoms. The summed E-state index contributed by atoms with van der Waals surface area (Å²) in [5.41, 5.74) is 1.84. The van der Waals surface area contributed by atoms with Gasteiger partial charge in [0.15, 0.2) is 5.16 Å². The molecule has 1 aromatic heterocycles. The maximum absolute atomic E-state index is 13.0. The molecule has 1 aromatic carbocycles. The maximum Gasteiger partial charge on any atom is 0.254 e. The molecular formula is C26H35ClN6O2S. The Labute approximate surface area is 222 Å². The zero-order valence-electron chi connectivity index (χ0n) is 21.1. The first-order valence-corrected chi connectivity index (χ1v) is 14.0. The van der Waals surface area contributed by atoms with E-state index in [9.17, 15) is 9.59 Å². The van der Waals surface area contributed by atoms with E-state index in [1.807, 2.05) is 43.0 Å². The first-order valence-electron chi connectivity index (χ1n) is 12.7. The fourth-order valence-corrected chi connectivity index (χ4v) is 5.57. The number of nitrogens with one attached hydrogen (secondary N) is 1.